The van der Waals surface area contributed by atoms with Crippen molar-refractivity contribution < 1.29 is 4.39 Å². The zero-order valence-corrected chi connectivity index (χ0v) is 13.4. The maximum atomic E-state index is 13.9. The summed E-state index contributed by atoms with van der Waals surface area (Å²) in [6.07, 6.45) is 0.690. The van der Waals surface area contributed by atoms with Crippen molar-refractivity contribution >= 4 is 15.9 Å². The molecule has 0 aliphatic carbocycles. The maximum absolute atomic E-state index is 13.9. The first-order valence-corrected chi connectivity index (χ1v) is 7.54. The predicted molar refractivity (Wildman–Crippen MR) is 85.7 cm³/mol. The van der Waals surface area contributed by atoms with E-state index in [2.05, 4.69) is 52.4 Å². The van der Waals surface area contributed by atoms with Gasteiger partial charge in [-0.05, 0) is 49.7 Å². The van der Waals surface area contributed by atoms with Crippen molar-refractivity contribution in [2.75, 3.05) is 13.6 Å². The summed E-state index contributed by atoms with van der Waals surface area (Å²) in [5.74, 6) is 0.130. The van der Waals surface area contributed by atoms with Crippen molar-refractivity contribution in [3.8, 4) is 0 Å². The molecular weight excluding hydrogens is 317 g/mol. The Morgan fingerprint density at radius 2 is 2.00 bits per heavy atom. The van der Waals surface area contributed by atoms with Crippen LogP contribution in [0.15, 0.2) is 46.9 Å². The molecule has 0 saturated carbocycles. The van der Waals surface area contributed by atoms with Gasteiger partial charge in [0.05, 0.1) is 0 Å². The molecule has 0 heterocycles. The molecule has 0 aromatic heterocycles. The van der Waals surface area contributed by atoms with Gasteiger partial charge in [-0.2, -0.15) is 0 Å². The number of benzene rings is 2. The SMILES string of the molecule is CNCC(Cc1cc(Br)ccc1F)c1cccc(C)c1. The highest BCUT2D eigenvalue weighted by Gasteiger charge is 2.14. The van der Waals surface area contributed by atoms with Crippen molar-refractivity contribution in [3.05, 3.63) is 69.4 Å². The van der Waals surface area contributed by atoms with Crippen LogP contribution in [0.3, 0.4) is 0 Å². The van der Waals surface area contributed by atoms with Crippen LogP contribution in [0.5, 0.6) is 0 Å². The summed E-state index contributed by atoms with van der Waals surface area (Å²) < 4.78 is 14.8. The first-order valence-electron chi connectivity index (χ1n) is 6.75. The molecule has 0 fully saturated rings. The molecule has 1 atom stereocenters. The average Bonchev–Trinajstić information content (AvgIpc) is 2.42. The normalized spacial score (nSPS) is 12.4. The zero-order chi connectivity index (χ0) is 14.5. The summed E-state index contributed by atoms with van der Waals surface area (Å²) in [5, 5.41) is 3.21. The third kappa shape index (κ3) is 3.90. The van der Waals surface area contributed by atoms with E-state index in [0.29, 0.717) is 6.42 Å². The van der Waals surface area contributed by atoms with Gasteiger partial charge in [-0.15, -0.1) is 0 Å². The van der Waals surface area contributed by atoms with E-state index in [-0.39, 0.29) is 11.7 Å². The van der Waals surface area contributed by atoms with Gasteiger partial charge in [-0.25, -0.2) is 4.39 Å². The number of likely N-dealkylation sites (N-methyl/N-ethyl adjacent to an activating group) is 1. The lowest BCUT2D eigenvalue weighted by atomic mass is 9.91. The Bertz CT molecular complexity index is 583. The van der Waals surface area contributed by atoms with Gasteiger partial charge in [-0.3, -0.25) is 0 Å². The standard InChI is InChI=1S/C17H19BrFN/c1-12-4-3-5-13(8-12)15(11-20-2)9-14-10-16(18)6-7-17(14)19/h3-8,10,15,20H,9,11H2,1-2H3. The molecule has 2 rings (SSSR count). The molecule has 20 heavy (non-hydrogen) atoms. The largest absolute Gasteiger partial charge is 0.319 e. The Hall–Kier alpha value is -1.19. The Labute approximate surface area is 128 Å². The fraction of sp³-hybridized carbons (Fsp3) is 0.294. The topological polar surface area (TPSA) is 12.0 Å². The van der Waals surface area contributed by atoms with E-state index >= 15 is 0 Å². The Kier molecular flexibility index (Phi) is 5.32. The summed E-state index contributed by atoms with van der Waals surface area (Å²) in [4.78, 5) is 0. The number of hydrogen-bond donors (Lipinski definition) is 1. The fourth-order valence-electron chi connectivity index (χ4n) is 2.44. The van der Waals surface area contributed by atoms with Gasteiger partial charge in [0.15, 0.2) is 0 Å². The second-order valence-corrected chi connectivity index (χ2v) is 6.02. The van der Waals surface area contributed by atoms with Gasteiger partial charge < -0.3 is 5.32 Å². The lowest BCUT2D eigenvalue weighted by Crippen LogP contribution is -2.19. The van der Waals surface area contributed by atoms with Crippen LogP contribution in [0.2, 0.25) is 0 Å². The molecule has 2 aromatic carbocycles. The van der Waals surface area contributed by atoms with Crippen LogP contribution < -0.4 is 5.32 Å². The van der Waals surface area contributed by atoms with E-state index < -0.39 is 0 Å². The second-order valence-electron chi connectivity index (χ2n) is 5.11. The third-order valence-electron chi connectivity index (χ3n) is 3.44. The molecule has 0 aliphatic heterocycles. The molecule has 1 nitrogen and oxygen atoms in total. The van der Waals surface area contributed by atoms with E-state index in [1.165, 1.54) is 17.2 Å². The molecular formula is C17H19BrFN. The Morgan fingerprint density at radius 3 is 2.70 bits per heavy atom. The lowest BCUT2D eigenvalue weighted by molar-refractivity contribution is 0.574. The van der Waals surface area contributed by atoms with Crippen LogP contribution in [-0.4, -0.2) is 13.6 Å². The number of nitrogens with one attached hydrogen (secondary N) is 1. The highest BCUT2D eigenvalue weighted by Crippen LogP contribution is 2.24. The van der Waals surface area contributed by atoms with Gasteiger partial charge >= 0.3 is 0 Å². The molecule has 0 saturated heterocycles. The van der Waals surface area contributed by atoms with Crippen LogP contribution >= 0.6 is 15.9 Å². The van der Waals surface area contributed by atoms with Crippen molar-refractivity contribution in [1.82, 2.24) is 5.32 Å². The van der Waals surface area contributed by atoms with Gasteiger partial charge in [-0.1, -0.05) is 45.8 Å². The van der Waals surface area contributed by atoms with E-state index in [4.69, 9.17) is 0 Å². The second kappa shape index (κ2) is 7.00. The smallest absolute Gasteiger partial charge is 0.126 e. The minimum Gasteiger partial charge on any atom is -0.319 e. The van der Waals surface area contributed by atoms with Gasteiger partial charge in [0.1, 0.15) is 5.82 Å². The Balaban J connectivity index is 2.27. The molecule has 0 bridgehead atoms. The van der Waals surface area contributed by atoms with Crippen molar-refractivity contribution in [3.63, 3.8) is 0 Å². The van der Waals surface area contributed by atoms with Crippen molar-refractivity contribution in [1.29, 1.82) is 0 Å². The van der Waals surface area contributed by atoms with Gasteiger partial charge in [0, 0.05) is 16.9 Å². The van der Waals surface area contributed by atoms with Gasteiger partial charge in [0.25, 0.3) is 0 Å². The van der Waals surface area contributed by atoms with Gasteiger partial charge in [0.2, 0.25) is 0 Å². The summed E-state index contributed by atoms with van der Waals surface area (Å²) in [7, 11) is 1.93. The predicted octanol–water partition coefficient (Wildman–Crippen LogP) is 4.44. The van der Waals surface area contributed by atoms with E-state index in [9.17, 15) is 4.39 Å². The third-order valence-corrected chi connectivity index (χ3v) is 3.93. The van der Waals surface area contributed by atoms with Crippen LogP contribution in [0.1, 0.15) is 22.6 Å². The monoisotopic (exact) mass is 335 g/mol. The summed E-state index contributed by atoms with van der Waals surface area (Å²) >= 11 is 3.41. The number of rotatable bonds is 5. The fourth-order valence-corrected chi connectivity index (χ4v) is 2.85. The molecule has 0 aliphatic rings. The van der Waals surface area contributed by atoms with E-state index in [0.717, 1.165) is 16.6 Å². The summed E-state index contributed by atoms with van der Waals surface area (Å²) in [6.45, 7) is 2.91. The zero-order valence-electron chi connectivity index (χ0n) is 11.8. The molecule has 1 unspecified atom stereocenters. The van der Waals surface area contributed by atoms with Crippen LogP contribution in [0.25, 0.3) is 0 Å². The number of aryl methyl sites for hydroxylation is 1. The molecule has 0 radical (unpaired) electrons. The molecule has 3 heteroatoms. The van der Waals surface area contributed by atoms with Crippen molar-refractivity contribution in [2.24, 2.45) is 0 Å². The number of halogens is 2. The minimum absolute atomic E-state index is 0.137. The molecule has 0 amide bonds. The van der Waals surface area contributed by atoms with E-state index in [1.807, 2.05) is 13.1 Å². The van der Waals surface area contributed by atoms with Crippen LogP contribution in [0.4, 0.5) is 4.39 Å². The lowest BCUT2D eigenvalue weighted by Gasteiger charge is -2.18. The van der Waals surface area contributed by atoms with Crippen LogP contribution in [-0.2, 0) is 6.42 Å². The quantitative estimate of drug-likeness (QED) is 0.851. The molecule has 1 N–H and O–H groups in total. The Morgan fingerprint density at radius 1 is 1.20 bits per heavy atom. The first-order chi connectivity index (χ1) is 9.60. The maximum Gasteiger partial charge on any atom is 0.126 e. The average molecular weight is 336 g/mol. The first kappa shape index (κ1) is 15.2. The molecule has 0 spiro atoms. The minimum atomic E-state index is -0.137. The van der Waals surface area contributed by atoms with E-state index in [1.54, 1.807) is 6.07 Å². The van der Waals surface area contributed by atoms with Crippen molar-refractivity contribution in [2.45, 2.75) is 19.3 Å². The van der Waals surface area contributed by atoms with Crippen LogP contribution in [0, 0.1) is 12.7 Å². The highest BCUT2D eigenvalue weighted by molar-refractivity contribution is 9.10. The molecule has 2 aromatic rings. The summed E-state index contributed by atoms with van der Waals surface area (Å²) in [5.41, 5.74) is 3.23. The molecule has 106 valence electrons. The number of hydrogen-bond acceptors (Lipinski definition) is 1. The highest BCUT2D eigenvalue weighted by atomic mass is 79.9. The summed E-state index contributed by atoms with van der Waals surface area (Å²) in [6, 6.07) is 13.6.